The van der Waals surface area contributed by atoms with Gasteiger partial charge in [-0.05, 0) is 69.9 Å². The molecule has 2 aliphatic rings. The number of primary amides is 1. The molecule has 0 unspecified atom stereocenters. The second-order valence-electron chi connectivity index (χ2n) is 14.8. The van der Waals surface area contributed by atoms with Gasteiger partial charge in [0.1, 0.15) is 29.8 Å². The van der Waals surface area contributed by atoms with E-state index in [1.807, 2.05) is 39.1 Å². The normalized spacial score (nSPS) is 15.3. The Labute approximate surface area is 299 Å². The molecule has 0 radical (unpaired) electrons. The highest BCUT2D eigenvalue weighted by Crippen LogP contribution is 2.41. The topological polar surface area (TPSA) is 152 Å². The number of hydrogen-bond donors (Lipinski definition) is 1. The quantitative estimate of drug-likeness (QED) is 0.143. The van der Waals surface area contributed by atoms with Crippen molar-refractivity contribution in [3.63, 3.8) is 0 Å². The SMILES string of the molecule is Cc1noc(C)c1-c1nc(-c2cc(OC[C@@H](CCOC(N)=O)O[Si](C)(C)C(C)(C)C)ccc2Cl)nc(N2Cc3cnc(C4CC4)nc3C2)c1C. The van der Waals surface area contributed by atoms with Gasteiger partial charge in [-0.3, -0.25) is 0 Å². The van der Waals surface area contributed by atoms with Gasteiger partial charge in [-0.2, -0.15) is 0 Å². The number of carbonyl (C=O) groups is 1. The summed E-state index contributed by atoms with van der Waals surface area (Å²) in [5.41, 5.74) is 11.2. The van der Waals surface area contributed by atoms with Gasteiger partial charge in [-0.15, -0.1) is 0 Å². The van der Waals surface area contributed by atoms with Crippen molar-refractivity contribution >= 4 is 31.8 Å². The fourth-order valence-corrected chi connectivity index (χ4v) is 7.44. The fourth-order valence-electron chi connectivity index (χ4n) is 5.87. The number of amides is 1. The molecular formula is C36H46ClN7O5Si. The first kappa shape index (κ1) is 35.7. The van der Waals surface area contributed by atoms with E-state index < -0.39 is 14.4 Å². The van der Waals surface area contributed by atoms with Crippen LogP contribution < -0.4 is 15.4 Å². The van der Waals surface area contributed by atoms with Crippen LogP contribution in [-0.2, 0) is 22.3 Å². The maximum atomic E-state index is 11.3. The summed E-state index contributed by atoms with van der Waals surface area (Å²) in [6.45, 7) is 18.3. The highest BCUT2D eigenvalue weighted by molar-refractivity contribution is 6.74. The molecule has 1 fully saturated rings. The van der Waals surface area contributed by atoms with E-state index in [0.717, 1.165) is 58.3 Å². The molecule has 1 aliphatic carbocycles. The predicted molar refractivity (Wildman–Crippen MR) is 194 cm³/mol. The van der Waals surface area contributed by atoms with Crippen LogP contribution in [0.15, 0.2) is 28.9 Å². The second-order valence-corrected chi connectivity index (χ2v) is 19.9. The first-order valence-electron chi connectivity index (χ1n) is 17.1. The summed E-state index contributed by atoms with van der Waals surface area (Å²) in [6, 6.07) is 5.45. The van der Waals surface area contributed by atoms with Crippen molar-refractivity contribution in [3.8, 4) is 28.4 Å². The van der Waals surface area contributed by atoms with E-state index in [0.29, 0.717) is 53.3 Å². The third-order valence-electron chi connectivity index (χ3n) is 9.87. The zero-order chi connectivity index (χ0) is 36.0. The third-order valence-corrected chi connectivity index (χ3v) is 14.7. The number of aromatic nitrogens is 5. The van der Waals surface area contributed by atoms with Crippen LogP contribution in [-0.4, -0.2) is 58.8 Å². The number of anilines is 1. The lowest BCUT2D eigenvalue weighted by Gasteiger charge is -2.39. The molecule has 6 rings (SSSR count). The van der Waals surface area contributed by atoms with Gasteiger partial charge in [-0.25, -0.2) is 24.7 Å². The number of nitrogens with two attached hydrogens (primary N) is 1. The van der Waals surface area contributed by atoms with Crippen molar-refractivity contribution in [2.75, 3.05) is 18.1 Å². The molecule has 4 aromatic rings. The molecule has 0 saturated heterocycles. The third kappa shape index (κ3) is 7.64. The summed E-state index contributed by atoms with van der Waals surface area (Å²) in [5, 5.41) is 4.67. The summed E-state index contributed by atoms with van der Waals surface area (Å²) in [7, 11) is -2.17. The Morgan fingerprint density at radius 2 is 1.90 bits per heavy atom. The van der Waals surface area contributed by atoms with Gasteiger partial charge in [-0.1, -0.05) is 37.5 Å². The fraction of sp³-hybridized carbons (Fsp3) is 0.500. The standard InChI is InChI=1S/C36H46ClN7O5Si/c1-20-31(30-21(2)43-48-22(30)3)41-33(42-34(20)44-17-24-16-39-32(23-9-10-23)40-29(24)18-44)27-15-25(11-12-28(27)37)47-19-26(13-14-46-35(38)45)49-50(7,8)36(4,5)6/h11-12,15-16,23,26H,9-10,13-14,17-19H2,1-8H3,(H2,38,45)/t26-/m1/s1. The molecule has 50 heavy (non-hydrogen) atoms. The number of fused-ring (bicyclic) bond motifs is 1. The zero-order valence-corrected chi connectivity index (χ0v) is 31.8. The van der Waals surface area contributed by atoms with Crippen LogP contribution in [0.4, 0.5) is 10.6 Å². The molecule has 14 heteroatoms. The molecule has 3 aromatic heterocycles. The Hall–Kier alpha value is -4.07. The van der Waals surface area contributed by atoms with Crippen LogP contribution in [0.1, 0.15) is 80.1 Å². The van der Waals surface area contributed by atoms with Gasteiger partial charge in [0.15, 0.2) is 14.1 Å². The maximum absolute atomic E-state index is 11.3. The minimum atomic E-state index is -2.17. The first-order chi connectivity index (χ1) is 23.6. The van der Waals surface area contributed by atoms with E-state index in [9.17, 15) is 4.79 Å². The first-order valence-corrected chi connectivity index (χ1v) is 20.3. The van der Waals surface area contributed by atoms with Crippen molar-refractivity contribution < 1.29 is 23.2 Å². The Morgan fingerprint density at radius 3 is 2.56 bits per heavy atom. The van der Waals surface area contributed by atoms with E-state index >= 15 is 0 Å². The lowest BCUT2D eigenvalue weighted by molar-refractivity contribution is 0.0809. The van der Waals surface area contributed by atoms with Gasteiger partial charge in [0, 0.05) is 41.8 Å². The lowest BCUT2D eigenvalue weighted by atomic mass is 10.0. The molecule has 1 amide bonds. The lowest BCUT2D eigenvalue weighted by Crippen LogP contribution is -2.45. The van der Waals surface area contributed by atoms with Crippen molar-refractivity contribution in [1.29, 1.82) is 0 Å². The smallest absolute Gasteiger partial charge is 0.404 e. The largest absolute Gasteiger partial charge is 0.491 e. The Balaban J connectivity index is 1.33. The number of rotatable bonds is 12. The minimum absolute atomic E-state index is 0.0224. The Kier molecular flexibility index (Phi) is 9.95. The van der Waals surface area contributed by atoms with E-state index in [1.54, 1.807) is 6.07 Å². The van der Waals surface area contributed by atoms with Crippen LogP contribution in [0, 0.1) is 20.8 Å². The summed E-state index contributed by atoms with van der Waals surface area (Å²) >= 11 is 6.87. The Bertz CT molecular complexity index is 1890. The molecule has 1 saturated carbocycles. The number of nitrogens with zero attached hydrogens (tertiary/aromatic N) is 6. The van der Waals surface area contributed by atoms with Gasteiger partial charge in [0.25, 0.3) is 0 Å². The number of aryl methyl sites for hydroxylation is 2. The molecule has 1 atom stereocenters. The number of carbonyl (C=O) groups excluding carboxylic acids is 1. The van der Waals surface area contributed by atoms with E-state index in [4.69, 9.17) is 50.7 Å². The van der Waals surface area contributed by atoms with E-state index in [2.05, 4.69) is 48.9 Å². The van der Waals surface area contributed by atoms with Crippen LogP contribution in [0.2, 0.25) is 23.2 Å². The van der Waals surface area contributed by atoms with Crippen LogP contribution >= 0.6 is 11.6 Å². The predicted octanol–water partition coefficient (Wildman–Crippen LogP) is 7.82. The zero-order valence-electron chi connectivity index (χ0n) is 30.1. The van der Waals surface area contributed by atoms with Gasteiger partial charge >= 0.3 is 6.09 Å². The van der Waals surface area contributed by atoms with Gasteiger partial charge in [0.05, 0.1) is 46.9 Å². The number of ether oxygens (including phenoxy) is 2. The molecule has 4 heterocycles. The average molecular weight is 720 g/mol. The van der Waals surface area contributed by atoms with Crippen molar-refractivity contribution in [3.05, 3.63) is 63.5 Å². The minimum Gasteiger partial charge on any atom is -0.491 e. The number of hydrogen-bond acceptors (Lipinski definition) is 11. The van der Waals surface area contributed by atoms with E-state index in [1.165, 1.54) is 0 Å². The van der Waals surface area contributed by atoms with Gasteiger partial charge < -0.3 is 29.1 Å². The number of benzene rings is 1. The summed E-state index contributed by atoms with van der Waals surface area (Å²) in [6.07, 6.45) is 3.54. The summed E-state index contributed by atoms with van der Waals surface area (Å²) < 4.78 is 23.6. The second kappa shape index (κ2) is 13.9. The summed E-state index contributed by atoms with van der Waals surface area (Å²) in [4.78, 5) is 33.3. The molecule has 266 valence electrons. The van der Waals surface area contributed by atoms with E-state index in [-0.39, 0.29) is 24.4 Å². The van der Waals surface area contributed by atoms with Crippen LogP contribution in [0.3, 0.4) is 0 Å². The molecule has 2 N–H and O–H groups in total. The van der Waals surface area contributed by atoms with Crippen molar-refractivity contribution in [2.24, 2.45) is 5.73 Å². The summed E-state index contributed by atoms with van der Waals surface area (Å²) in [5.74, 6) is 3.87. The van der Waals surface area contributed by atoms with Crippen LogP contribution in [0.25, 0.3) is 22.6 Å². The molecular weight excluding hydrogens is 674 g/mol. The average Bonchev–Trinajstić information content (AvgIpc) is 3.73. The Morgan fingerprint density at radius 1 is 1.14 bits per heavy atom. The molecule has 12 nitrogen and oxygen atoms in total. The van der Waals surface area contributed by atoms with Gasteiger partial charge in [0.2, 0.25) is 0 Å². The van der Waals surface area contributed by atoms with Crippen molar-refractivity contribution in [1.82, 2.24) is 25.1 Å². The maximum Gasteiger partial charge on any atom is 0.404 e. The number of halogens is 1. The molecule has 1 aliphatic heterocycles. The highest BCUT2D eigenvalue weighted by atomic mass is 35.5. The molecule has 0 spiro atoms. The highest BCUT2D eigenvalue weighted by Gasteiger charge is 2.39. The van der Waals surface area contributed by atoms with Crippen molar-refractivity contribution in [2.45, 2.75) is 104 Å². The molecule has 1 aromatic carbocycles. The monoisotopic (exact) mass is 719 g/mol. The van der Waals surface area contributed by atoms with Crippen LogP contribution in [0.5, 0.6) is 5.75 Å². The molecule has 0 bridgehead atoms.